The number of methoxy groups -OCH3 is 1. The topological polar surface area (TPSA) is 38.7 Å². The summed E-state index contributed by atoms with van der Waals surface area (Å²) < 4.78 is 11.4. The van der Waals surface area contributed by atoms with Crippen LogP contribution in [0.2, 0.25) is 5.02 Å². The fourth-order valence-electron chi connectivity index (χ4n) is 2.30. The molecule has 1 fully saturated rings. The van der Waals surface area contributed by atoms with Crippen LogP contribution < -0.4 is 4.74 Å². The summed E-state index contributed by atoms with van der Waals surface area (Å²) in [5.74, 6) is 0.844. The Kier molecular flexibility index (Phi) is 4.90. The molecule has 0 radical (unpaired) electrons. The summed E-state index contributed by atoms with van der Waals surface area (Å²) in [6, 6.07) is 3.53. The second-order valence-electron chi connectivity index (χ2n) is 4.40. The van der Waals surface area contributed by atoms with Gasteiger partial charge in [0.15, 0.2) is 0 Å². The molecule has 3 nitrogen and oxygen atoms in total. The average molecular weight is 336 g/mol. The molecule has 1 N–H and O–H groups in total. The summed E-state index contributed by atoms with van der Waals surface area (Å²) in [6.07, 6.45) is 1.14. The number of ether oxygens (including phenoxy) is 2. The largest absolute Gasteiger partial charge is 0.495 e. The van der Waals surface area contributed by atoms with Crippen LogP contribution >= 0.6 is 27.5 Å². The SMILES string of the molecule is COc1c(Br)cc(Cl)cc1C(O)C1CCOCC1. The molecule has 1 aliphatic rings. The Morgan fingerprint density at radius 3 is 2.72 bits per heavy atom. The quantitative estimate of drug-likeness (QED) is 0.918. The summed E-state index contributed by atoms with van der Waals surface area (Å²) >= 11 is 9.45. The van der Waals surface area contributed by atoms with E-state index < -0.39 is 6.10 Å². The Labute approximate surface area is 120 Å². The second kappa shape index (κ2) is 6.24. The van der Waals surface area contributed by atoms with Gasteiger partial charge in [0.05, 0.1) is 17.7 Å². The highest BCUT2D eigenvalue weighted by atomic mass is 79.9. The maximum atomic E-state index is 10.5. The van der Waals surface area contributed by atoms with Crippen molar-refractivity contribution in [3.8, 4) is 5.75 Å². The molecule has 1 atom stereocenters. The second-order valence-corrected chi connectivity index (χ2v) is 5.70. The highest BCUT2D eigenvalue weighted by Gasteiger charge is 2.27. The molecule has 100 valence electrons. The number of aliphatic hydroxyl groups is 1. The van der Waals surface area contributed by atoms with Crippen molar-refractivity contribution in [2.45, 2.75) is 18.9 Å². The van der Waals surface area contributed by atoms with Crippen LogP contribution in [0.25, 0.3) is 0 Å². The van der Waals surface area contributed by atoms with Crippen LogP contribution in [0.1, 0.15) is 24.5 Å². The van der Waals surface area contributed by atoms with Crippen LogP contribution in [-0.4, -0.2) is 25.4 Å². The van der Waals surface area contributed by atoms with Gasteiger partial charge in [-0.1, -0.05) is 11.6 Å². The molecule has 0 amide bonds. The normalized spacial score (nSPS) is 18.7. The van der Waals surface area contributed by atoms with E-state index in [9.17, 15) is 5.11 Å². The minimum absolute atomic E-state index is 0.193. The summed E-state index contributed by atoms with van der Waals surface area (Å²) in [7, 11) is 1.59. The summed E-state index contributed by atoms with van der Waals surface area (Å²) in [6.45, 7) is 1.40. The average Bonchev–Trinajstić information content (AvgIpc) is 2.38. The zero-order valence-electron chi connectivity index (χ0n) is 10.2. The Balaban J connectivity index is 2.30. The van der Waals surface area contributed by atoms with Crippen molar-refractivity contribution in [2.24, 2.45) is 5.92 Å². The first-order valence-electron chi connectivity index (χ1n) is 5.92. The maximum Gasteiger partial charge on any atom is 0.138 e. The molecule has 1 aliphatic heterocycles. The predicted molar refractivity (Wildman–Crippen MR) is 74.2 cm³/mol. The molecule has 5 heteroatoms. The maximum absolute atomic E-state index is 10.5. The molecule has 2 rings (SSSR count). The molecule has 1 unspecified atom stereocenters. The number of halogens is 2. The van der Waals surface area contributed by atoms with E-state index in [1.165, 1.54) is 0 Å². The monoisotopic (exact) mass is 334 g/mol. The van der Waals surface area contributed by atoms with Crippen molar-refractivity contribution in [1.82, 2.24) is 0 Å². The number of rotatable bonds is 3. The summed E-state index contributed by atoms with van der Waals surface area (Å²) in [5.41, 5.74) is 0.740. The van der Waals surface area contributed by atoms with Gasteiger partial charge in [-0.3, -0.25) is 0 Å². The Morgan fingerprint density at radius 2 is 2.11 bits per heavy atom. The van der Waals surface area contributed by atoms with Gasteiger partial charge in [0, 0.05) is 23.8 Å². The number of hydrogen-bond acceptors (Lipinski definition) is 3. The predicted octanol–water partition coefficient (Wildman–Crippen LogP) is 3.57. The smallest absolute Gasteiger partial charge is 0.138 e. The van der Waals surface area contributed by atoms with Gasteiger partial charge in [0.25, 0.3) is 0 Å². The Hall–Kier alpha value is -0.290. The highest BCUT2D eigenvalue weighted by molar-refractivity contribution is 9.10. The fraction of sp³-hybridized carbons (Fsp3) is 0.538. The van der Waals surface area contributed by atoms with Gasteiger partial charge < -0.3 is 14.6 Å². The van der Waals surface area contributed by atoms with Crippen molar-refractivity contribution in [3.05, 3.63) is 27.2 Å². The molecule has 0 saturated carbocycles. The third kappa shape index (κ3) is 2.99. The first-order chi connectivity index (χ1) is 8.63. The number of aliphatic hydroxyl groups excluding tert-OH is 1. The molecular weight excluding hydrogens is 319 g/mol. The zero-order valence-corrected chi connectivity index (χ0v) is 12.5. The van der Waals surface area contributed by atoms with Gasteiger partial charge in [-0.05, 0) is 46.8 Å². The lowest BCUT2D eigenvalue weighted by Crippen LogP contribution is -2.22. The molecule has 1 aromatic rings. The van der Waals surface area contributed by atoms with Gasteiger partial charge >= 0.3 is 0 Å². The van der Waals surface area contributed by atoms with Crippen LogP contribution in [0, 0.1) is 5.92 Å². The first-order valence-corrected chi connectivity index (χ1v) is 7.09. The standard InChI is InChI=1S/C13H16BrClO3/c1-17-13-10(6-9(15)7-11(13)14)12(16)8-2-4-18-5-3-8/h6-8,12,16H,2-5H2,1H3. The van der Waals surface area contributed by atoms with Crippen molar-refractivity contribution in [1.29, 1.82) is 0 Å². The molecule has 0 aliphatic carbocycles. The molecule has 18 heavy (non-hydrogen) atoms. The van der Waals surface area contributed by atoms with Crippen LogP contribution in [0.5, 0.6) is 5.75 Å². The lowest BCUT2D eigenvalue weighted by molar-refractivity contribution is 0.00634. The lowest BCUT2D eigenvalue weighted by Gasteiger charge is -2.28. The third-order valence-electron chi connectivity index (χ3n) is 3.27. The molecule has 0 bridgehead atoms. The van der Waals surface area contributed by atoms with Crippen molar-refractivity contribution in [3.63, 3.8) is 0 Å². The summed E-state index contributed by atoms with van der Waals surface area (Å²) in [5, 5.41) is 11.1. The minimum atomic E-state index is -0.571. The van der Waals surface area contributed by atoms with Crippen LogP contribution in [0.4, 0.5) is 0 Å². The van der Waals surface area contributed by atoms with Crippen LogP contribution in [0.15, 0.2) is 16.6 Å². The lowest BCUT2D eigenvalue weighted by atomic mass is 9.89. The minimum Gasteiger partial charge on any atom is -0.495 e. The van der Waals surface area contributed by atoms with Gasteiger partial charge in [-0.2, -0.15) is 0 Å². The molecule has 1 heterocycles. The zero-order chi connectivity index (χ0) is 13.1. The van der Waals surface area contributed by atoms with Gasteiger partial charge in [0.2, 0.25) is 0 Å². The van der Waals surface area contributed by atoms with Gasteiger partial charge in [0.1, 0.15) is 5.75 Å². The van der Waals surface area contributed by atoms with E-state index in [2.05, 4.69) is 15.9 Å². The fourth-order valence-corrected chi connectivity index (χ4v) is 3.30. The Bertz CT molecular complexity index is 419. The molecule has 0 aromatic heterocycles. The van der Waals surface area contributed by atoms with Gasteiger partial charge in [-0.15, -0.1) is 0 Å². The number of hydrogen-bond donors (Lipinski definition) is 1. The molecule has 1 saturated heterocycles. The van der Waals surface area contributed by atoms with Crippen molar-refractivity contribution < 1.29 is 14.6 Å². The van der Waals surface area contributed by atoms with E-state index >= 15 is 0 Å². The first kappa shape index (κ1) is 14.1. The van der Waals surface area contributed by atoms with Crippen molar-refractivity contribution >= 4 is 27.5 Å². The van der Waals surface area contributed by atoms with E-state index in [-0.39, 0.29) is 5.92 Å². The summed E-state index contributed by atoms with van der Waals surface area (Å²) in [4.78, 5) is 0. The van der Waals surface area contributed by atoms with Gasteiger partial charge in [-0.25, -0.2) is 0 Å². The van der Waals surface area contributed by atoms with E-state index in [4.69, 9.17) is 21.1 Å². The van der Waals surface area contributed by atoms with Crippen molar-refractivity contribution in [2.75, 3.05) is 20.3 Å². The van der Waals surface area contributed by atoms with E-state index in [1.807, 2.05) is 0 Å². The van der Waals surface area contributed by atoms with E-state index in [0.717, 1.165) is 22.9 Å². The third-order valence-corrected chi connectivity index (χ3v) is 4.08. The number of benzene rings is 1. The van der Waals surface area contributed by atoms with E-state index in [1.54, 1.807) is 19.2 Å². The molecule has 0 spiro atoms. The Morgan fingerprint density at radius 1 is 1.44 bits per heavy atom. The molecular formula is C13H16BrClO3. The van der Waals surface area contributed by atoms with Crippen LogP contribution in [-0.2, 0) is 4.74 Å². The van der Waals surface area contributed by atoms with Crippen LogP contribution in [0.3, 0.4) is 0 Å². The van der Waals surface area contributed by atoms with E-state index in [0.29, 0.717) is 24.0 Å². The highest BCUT2D eigenvalue weighted by Crippen LogP contribution is 2.40. The molecule has 1 aromatic carbocycles.